The maximum atomic E-state index is 12.9. The molecule has 1 saturated heterocycles. The standard InChI is InChI=1S/C23H24F3N3O3/c1-31-19-11-16-17(12-20(19)32-2)27-21(28-22(16)30)13-29-10-4-3-5-18(29)14-6-8-15(9-7-14)23(24,25)26/h6-9,11-12,18H,3-5,10,13H2,1-2H3,(H,27,28,30). The Morgan fingerprint density at radius 1 is 1.09 bits per heavy atom. The van der Waals surface area contributed by atoms with Gasteiger partial charge in [-0.05, 0) is 43.1 Å². The van der Waals surface area contributed by atoms with E-state index in [0.29, 0.717) is 34.8 Å². The summed E-state index contributed by atoms with van der Waals surface area (Å²) < 4.78 is 49.3. The number of likely N-dealkylation sites (tertiary alicyclic amines) is 1. The van der Waals surface area contributed by atoms with Gasteiger partial charge < -0.3 is 14.5 Å². The number of rotatable bonds is 5. The molecule has 1 aliphatic rings. The molecule has 170 valence electrons. The molecule has 1 aliphatic heterocycles. The molecule has 32 heavy (non-hydrogen) atoms. The van der Waals surface area contributed by atoms with E-state index in [0.717, 1.165) is 43.5 Å². The van der Waals surface area contributed by atoms with Gasteiger partial charge in [-0.3, -0.25) is 9.69 Å². The van der Waals surface area contributed by atoms with Gasteiger partial charge in [0, 0.05) is 12.1 Å². The Morgan fingerprint density at radius 3 is 2.44 bits per heavy atom. The highest BCUT2D eigenvalue weighted by Crippen LogP contribution is 2.35. The molecule has 1 N–H and O–H groups in total. The molecule has 1 fully saturated rings. The Morgan fingerprint density at radius 2 is 1.78 bits per heavy atom. The van der Waals surface area contributed by atoms with Gasteiger partial charge in [-0.25, -0.2) is 4.98 Å². The number of nitrogens with zero attached hydrogens (tertiary/aromatic N) is 2. The molecule has 0 bridgehead atoms. The van der Waals surface area contributed by atoms with E-state index in [9.17, 15) is 18.0 Å². The zero-order valence-corrected chi connectivity index (χ0v) is 17.8. The summed E-state index contributed by atoms with van der Waals surface area (Å²) in [5.41, 5.74) is 0.374. The van der Waals surface area contributed by atoms with Gasteiger partial charge >= 0.3 is 6.18 Å². The van der Waals surface area contributed by atoms with Gasteiger partial charge in [0.15, 0.2) is 11.5 Å². The molecule has 2 heterocycles. The second-order valence-electron chi connectivity index (χ2n) is 7.84. The number of fused-ring (bicyclic) bond motifs is 1. The van der Waals surface area contributed by atoms with Crippen molar-refractivity contribution >= 4 is 10.9 Å². The molecule has 3 aromatic rings. The van der Waals surface area contributed by atoms with E-state index in [1.54, 1.807) is 24.3 Å². The number of H-pyrrole nitrogens is 1. The van der Waals surface area contributed by atoms with Crippen LogP contribution in [0.15, 0.2) is 41.2 Å². The quantitative estimate of drug-likeness (QED) is 0.615. The van der Waals surface area contributed by atoms with Crippen LogP contribution in [-0.4, -0.2) is 35.6 Å². The van der Waals surface area contributed by atoms with E-state index < -0.39 is 11.7 Å². The van der Waals surface area contributed by atoms with Gasteiger partial charge in [-0.1, -0.05) is 18.6 Å². The van der Waals surface area contributed by atoms with Crippen LogP contribution in [-0.2, 0) is 12.7 Å². The van der Waals surface area contributed by atoms with Crippen molar-refractivity contribution in [3.05, 3.63) is 63.7 Å². The first-order valence-electron chi connectivity index (χ1n) is 10.4. The molecule has 0 aliphatic carbocycles. The van der Waals surface area contributed by atoms with Gasteiger partial charge in [0.1, 0.15) is 5.82 Å². The topological polar surface area (TPSA) is 67.5 Å². The molecular formula is C23H24F3N3O3. The lowest BCUT2D eigenvalue weighted by Crippen LogP contribution is -2.34. The van der Waals surface area contributed by atoms with Crippen LogP contribution >= 0.6 is 0 Å². The molecule has 1 aromatic heterocycles. The van der Waals surface area contributed by atoms with Crippen molar-refractivity contribution in [1.82, 2.24) is 14.9 Å². The molecule has 0 amide bonds. The molecule has 9 heteroatoms. The predicted octanol–water partition coefficient (Wildman–Crippen LogP) is 4.69. The average molecular weight is 447 g/mol. The van der Waals surface area contributed by atoms with Gasteiger partial charge in [-0.15, -0.1) is 0 Å². The van der Waals surface area contributed by atoms with Crippen molar-refractivity contribution in [1.29, 1.82) is 0 Å². The van der Waals surface area contributed by atoms with Gasteiger partial charge in [0.25, 0.3) is 5.56 Å². The molecule has 1 unspecified atom stereocenters. The van der Waals surface area contributed by atoms with E-state index in [2.05, 4.69) is 14.9 Å². The monoisotopic (exact) mass is 447 g/mol. The van der Waals surface area contributed by atoms with Gasteiger partial charge in [0.2, 0.25) is 0 Å². The van der Waals surface area contributed by atoms with Gasteiger partial charge in [-0.2, -0.15) is 13.2 Å². The Kier molecular flexibility index (Phi) is 6.10. The van der Waals surface area contributed by atoms with Crippen LogP contribution in [0.3, 0.4) is 0 Å². The van der Waals surface area contributed by atoms with Crippen molar-refractivity contribution in [3.63, 3.8) is 0 Å². The van der Waals surface area contributed by atoms with E-state index in [1.807, 2.05) is 0 Å². The fourth-order valence-electron chi connectivity index (χ4n) is 4.23. The summed E-state index contributed by atoms with van der Waals surface area (Å²) in [4.78, 5) is 22.3. The molecule has 1 atom stereocenters. The number of halogens is 3. The lowest BCUT2D eigenvalue weighted by Gasteiger charge is -2.35. The zero-order chi connectivity index (χ0) is 22.9. The minimum atomic E-state index is -4.36. The molecule has 0 spiro atoms. The van der Waals surface area contributed by atoms with E-state index in [-0.39, 0.29) is 11.6 Å². The summed E-state index contributed by atoms with van der Waals surface area (Å²) in [7, 11) is 3.01. The number of methoxy groups -OCH3 is 2. The molecular weight excluding hydrogens is 423 g/mol. The van der Waals surface area contributed by atoms with Crippen LogP contribution in [0.1, 0.15) is 42.3 Å². The summed E-state index contributed by atoms with van der Waals surface area (Å²) in [6, 6.07) is 8.54. The minimum absolute atomic E-state index is 0.0440. The van der Waals surface area contributed by atoms with Crippen LogP contribution in [0, 0.1) is 0 Å². The second kappa shape index (κ2) is 8.82. The summed E-state index contributed by atoms with van der Waals surface area (Å²) in [5, 5.41) is 0.393. The second-order valence-corrected chi connectivity index (χ2v) is 7.84. The lowest BCUT2D eigenvalue weighted by atomic mass is 9.94. The molecule has 0 saturated carbocycles. The third-order valence-corrected chi connectivity index (χ3v) is 5.85. The maximum Gasteiger partial charge on any atom is 0.416 e. The number of aromatic nitrogens is 2. The highest BCUT2D eigenvalue weighted by Gasteiger charge is 2.31. The molecule has 2 aromatic carbocycles. The highest BCUT2D eigenvalue weighted by molar-refractivity contribution is 5.81. The Bertz CT molecular complexity index is 1160. The van der Waals surface area contributed by atoms with Crippen molar-refractivity contribution in [2.75, 3.05) is 20.8 Å². The van der Waals surface area contributed by atoms with E-state index in [1.165, 1.54) is 14.2 Å². The number of hydrogen-bond acceptors (Lipinski definition) is 5. The van der Waals surface area contributed by atoms with Crippen LogP contribution in [0.4, 0.5) is 13.2 Å². The number of ether oxygens (including phenoxy) is 2. The lowest BCUT2D eigenvalue weighted by molar-refractivity contribution is -0.137. The number of hydrogen-bond donors (Lipinski definition) is 1. The first kappa shape index (κ1) is 22.1. The van der Waals surface area contributed by atoms with Crippen LogP contribution in [0.5, 0.6) is 11.5 Å². The average Bonchev–Trinajstić information content (AvgIpc) is 2.78. The predicted molar refractivity (Wildman–Crippen MR) is 114 cm³/mol. The highest BCUT2D eigenvalue weighted by atomic mass is 19.4. The van der Waals surface area contributed by atoms with Crippen LogP contribution < -0.4 is 15.0 Å². The first-order valence-corrected chi connectivity index (χ1v) is 10.4. The first-order chi connectivity index (χ1) is 15.3. The van der Waals surface area contributed by atoms with Gasteiger partial charge in [0.05, 0.1) is 37.2 Å². The number of piperidine rings is 1. The zero-order valence-electron chi connectivity index (χ0n) is 17.8. The summed E-state index contributed by atoms with van der Waals surface area (Å²) in [6.07, 6.45) is -1.57. The summed E-state index contributed by atoms with van der Waals surface area (Å²) in [5.74, 6) is 1.41. The Balaban J connectivity index is 1.63. The SMILES string of the molecule is COc1cc2nc(CN3CCCCC3c3ccc(C(F)(F)F)cc3)[nH]c(=O)c2cc1OC. The van der Waals surface area contributed by atoms with E-state index >= 15 is 0 Å². The normalized spacial score (nSPS) is 17.5. The summed E-state index contributed by atoms with van der Waals surface area (Å²) >= 11 is 0. The van der Waals surface area contributed by atoms with Crippen molar-refractivity contribution in [2.45, 2.75) is 38.0 Å². The number of nitrogens with one attached hydrogen (secondary N) is 1. The smallest absolute Gasteiger partial charge is 0.416 e. The third-order valence-electron chi connectivity index (χ3n) is 5.85. The number of alkyl halides is 3. The summed E-state index contributed by atoms with van der Waals surface area (Å²) in [6.45, 7) is 1.14. The fourth-order valence-corrected chi connectivity index (χ4v) is 4.23. The molecule has 6 nitrogen and oxygen atoms in total. The molecule has 0 radical (unpaired) electrons. The fraction of sp³-hybridized carbons (Fsp3) is 0.391. The van der Waals surface area contributed by atoms with Crippen LogP contribution in [0.25, 0.3) is 10.9 Å². The van der Waals surface area contributed by atoms with E-state index in [4.69, 9.17) is 9.47 Å². The minimum Gasteiger partial charge on any atom is -0.493 e. The molecule has 4 rings (SSSR count). The van der Waals surface area contributed by atoms with Crippen molar-refractivity contribution in [3.8, 4) is 11.5 Å². The van der Waals surface area contributed by atoms with Crippen molar-refractivity contribution in [2.24, 2.45) is 0 Å². The number of aromatic amines is 1. The number of benzene rings is 2. The maximum absolute atomic E-state index is 12.9. The van der Waals surface area contributed by atoms with Crippen LogP contribution in [0.2, 0.25) is 0 Å². The largest absolute Gasteiger partial charge is 0.493 e. The Labute approximate surface area is 183 Å². The third kappa shape index (κ3) is 4.43. The van der Waals surface area contributed by atoms with Crippen molar-refractivity contribution < 1.29 is 22.6 Å². The Hall–Kier alpha value is -3.07.